The van der Waals surface area contributed by atoms with Crippen molar-refractivity contribution in [2.75, 3.05) is 6.54 Å². The molecule has 0 N–H and O–H groups in total. The summed E-state index contributed by atoms with van der Waals surface area (Å²) in [5, 5.41) is 0. The van der Waals surface area contributed by atoms with Crippen LogP contribution in [0.25, 0.3) is 0 Å². The van der Waals surface area contributed by atoms with Crippen molar-refractivity contribution >= 4 is 0 Å². The van der Waals surface area contributed by atoms with Crippen LogP contribution in [-0.2, 0) is 0 Å². The summed E-state index contributed by atoms with van der Waals surface area (Å²) >= 11 is 0. The normalized spacial score (nSPS) is 38.8. The van der Waals surface area contributed by atoms with E-state index in [9.17, 15) is 0 Å². The number of rotatable bonds is 3. The topological polar surface area (TPSA) is 3.01 Å². The molecule has 2 unspecified atom stereocenters. The SMILES string of the molecule is CCCN1C(C)(C)C1(C)C(C)C. The van der Waals surface area contributed by atoms with Gasteiger partial charge in [0, 0.05) is 11.1 Å². The largest absolute Gasteiger partial charge is 0.289 e. The lowest BCUT2D eigenvalue weighted by Crippen LogP contribution is -2.24. The molecule has 2 atom stereocenters. The van der Waals surface area contributed by atoms with Crippen molar-refractivity contribution in [1.29, 1.82) is 0 Å². The minimum absolute atomic E-state index is 0.428. The molecule has 0 amide bonds. The van der Waals surface area contributed by atoms with E-state index in [0.717, 1.165) is 5.92 Å². The minimum atomic E-state index is 0.428. The quantitative estimate of drug-likeness (QED) is 0.587. The molecule has 1 aliphatic heterocycles. The minimum Gasteiger partial charge on any atom is -0.289 e. The maximum Gasteiger partial charge on any atom is 0.0388 e. The van der Waals surface area contributed by atoms with E-state index in [4.69, 9.17) is 0 Å². The van der Waals surface area contributed by atoms with Crippen molar-refractivity contribution < 1.29 is 0 Å². The Hall–Kier alpha value is -0.0400. The second kappa shape index (κ2) is 2.73. The summed E-state index contributed by atoms with van der Waals surface area (Å²) in [7, 11) is 0. The van der Waals surface area contributed by atoms with Gasteiger partial charge in [-0.2, -0.15) is 0 Å². The lowest BCUT2D eigenvalue weighted by atomic mass is 9.87. The average molecular weight is 169 g/mol. The molecular weight excluding hydrogens is 146 g/mol. The summed E-state index contributed by atoms with van der Waals surface area (Å²) < 4.78 is 0. The van der Waals surface area contributed by atoms with Gasteiger partial charge in [-0.05, 0) is 39.7 Å². The summed E-state index contributed by atoms with van der Waals surface area (Å²) in [5.74, 6) is 0.763. The number of nitrogens with zero attached hydrogens (tertiary/aromatic N) is 1. The standard InChI is InChI=1S/C11H23N/c1-7-8-12-10(4,5)11(12,6)9(2)3/h9H,7-8H2,1-6H3. The fraction of sp³-hybridized carbons (Fsp3) is 1.00. The summed E-state index contributed by atoms with van der Waals surface area (Å²) in [6.07, 6.45) is 1.27. The third kappa shape index (κ3) is 1.02. The summed E-state index contributed by atoms with van der Waals surface area (Å²) in [6, 6.07) is 0. The lowest BCUT2D eigenvalue weighted by molar-refractivity contribution is 0.344. The highest BCUT2D eigenvalue weighted by Gasteiger charge is 2.66. The number of hydrogen-bond acceptors (Lipinski definition) is 1. The van der Waals surface area contributed by atoms with Gasteiger partial charge in [-0.15, -0.1) is 0 Å². The van der Waals surface area contributed by atoms with Gasteiger partial charge in [-0.1, -0.05) is 20.8 Å². The van der Waals surface area contributed by atoms with Crippen LogP contribution in [0.1, 0.15) is 48.0 Å². The van der Waals surface area contributed by atoms with Crippen LogP contribution in [0.4, 0.5) is 0 Å². The molecular formula is C11H23N. The Morgan fingerprint density at radius 3 is 1.92 bits per heavy atom. The van der Waals surface area contributed by atoms with Gasteiger partial charge in [0.05, 0.1) is 0 Å². The zero-order chi connectivity index (χ0) is 9.57. The first-order chi connectivity index (χ1) is 5.39. The molecule has 0 radical (unpaired) electrons. The Kier molecular flexibility index (Phi) is 2.28. The zero-order valence-electron chi connectivity index (χ0n) is 9.44. The zero-order valence-corrected chi connectivity index (χ0v) is 9.44. The first-order valence-electron chi connectivity index (χ1n) is 5.16. The predicted molar refractivity (Wildman–Crippen MR) is 54.3 cm³/mol. The van der Waals surface area contributed by atoms with Gasteiger partial charge in [0.2, 0.25) is 0 Å². The molecule has 1 heteroatoms. The van der Waals surface area contributed by atoms with E-state index in [1.165, 1.54) is 13.0 Å². The molecule has 12 heavy (non-hydrogen) atoms. The Morgan fingerprint density at radius 1 is 1.17 bits per heavy atom. The Morgan fingerprint density at radius 2 is 1.67 bits per heavy atom. The van der Waals surface area contributed by atoms with Crippen molar-refractivity contribution in [2.24, 2.45) is 5.92 Å². The molecule has 1 nitrogen and oxygen atoms in total. The smallest absolute Gasteiger partial charge is 0.0388 e. The van der Waals surface area contributed by atoms with Crippen molar-refractivity contribution in [3.8, 4) is 0 Å². The first kappa shape index (κ1) is 10.0. The molecule has 1 heterocycles. The molecule has 72 valence electrons. The third-order valence-corrected chi connectivity index (χ3v) is 4.00. The van der Waals surface area contributed by atoms with Gasteiger partial charge in [0.25, 0.3) is 0 Å². The van der Waals surface area contributed by atoms with Crippen LogP contribution in [0.3, 0.4) is 0 Å². The van der Waals surface area contributed by atoms with E-state index in [0.29, 0.717) is 11.1 Å². The summed E-state index contributed by atoms with van der Waals surface area (Å²) in [6.45, 7) is 15.3. The van der Waals surface area contributed by atoms with Crippen molar-refractivity contribution in [3.63, 3.8) is 0 Å². The summed E-state index contributed by atoms with van der Waals surface area (Å²) in [5.41, 5.74) is 0.875. The fourth-order valence-electron chi connectivity index (χ4n) is 2.62. The van der Waals surface area contributed by atoms with Crippen LogP contribution in [0.2, 0.25) is 0 Å². The van der Waals surface area contributed by atoms with Crippen molar-refractivity contribution in [1.82, 2.24) is 4.90 Å². The molecule has 0 aromatic rings. The van der Waals surface area contributed by atoms with E-state index in [-0.39, 0.29) is 0 Å². The second-order valence-corrected chi connectivity index (χ2v) is 5.01. The molecule has 0 saturated carbocycles. The van der Waals surface area contributed by atoms with Gasteiger partial charge in [-0.3, -0.25) is 4.90 Å². The van der Waals surface area contributed by atoms with Crippen LogP contribution in [0.5, 0.6) is 0 Å². The highest BCUT2D eigenvalue weighted by atomic mass is 15.4. The average Bonchev–Trinajstić information content (AvgIpc) is 2.36. The molecule has 0 bridgehead atoms. The molecule has 1 rings (SSSR count). The van der Waals surface area contributed by atoms with Crippen LogP contribution in [0.15, 0.2) is 0 Å². The Balaban J connectivity index is 2.70. The van der Waals surface area contributed by atoms with E-state index < -0.39 is 0 Å². The van der Waals surface area contributed by atoms with Crippen LogP contribution in [-0.4, -0.2) is 22.5 Å². The molecule has 1 saturated heterocycles. The van der Waals surface area contributed by atoms with Crippen LogP contribution < -0.4 is 0 Å². The monoisotopic (exact) mass is 169 g/mol. The van der Waals surface area contributed by atoms with E-state index in [1.54, 1.807) is 0 Å². The molecule has 1 fully saturated rings. The highest BCUT2D eigenvalue weighted by molar-refractivity contribution is 5.22. The van der Waals surface area contributed by atoms with Crippen LogP contribution in [0, 0.1) is 5.92 Å². The molecule has 0 aliphatic carbocycles. The molecule has 0 aromatic carbocycles. The maximum atomic E-state index is 2.63. The second-order valence-electron chi connectivity index (χ2n) is 5.01. The van der Waals surface area contributed by atoms with Crippen molar-refractivity contribution in [2.45, 2.75) is 59.0 Å². The van der Waals surface area contributed by atoms with E-state index in [1.807, 2.05) is 0 Å². The van der Waals surface area contributed by atoms with Crippen LogP contribution >= 0.6 is 0 Å². The van der Waals surface area contributed by atoms with Gasteiger partial charge in [-0.25, -0.2) is 0 Å². The van der Waals surface area contributed by atoms with Gasteiger partial charge < -0.3 is 0 Å². The Labute approximate surface area is 77.1 Å². The fourth-order valence-corrected chi connectivity index (χ4v) is 2.62. The maximum absolute atomic E-state index is 2.63. The lowest BCUT2D eigenvalue weighted by Gasteiger charge is -2.16. The van der Waals surface area contributed by atoms with Gasteiger partial charge >= 0.3 is 0 Å². The summed E-state index contributed by atoms with van der Waals surface area (Å²) in [4.78, 5) is 2.63. The van der Waals surface area contributed by atoms with Gasteiger partial charge in [0.1, 0.15) is 0 Å². The van der Waals surface area contributed by atoms with E-state index in [2.05, 4.69) is 46.4 Å². The third-order valence-electron chi connectivity index (χ3n) is 4.00. The van der Waals surface area contributed by atoms with Gasteiger partial charge in [0.15, 0.2) is 0 Å². The molecule has 0 spiro atoms. The highest BCUT2D eigenvalue weighted by Crippen LogP contribution is 2.55. The number of hydrogen-bond donors (Lipinski definition) is 0. The van der Waals surface area contributed by atoms with Crippen molar-refractivity contribution in [3.05, 3.63) is 0 Å². The molecule has 1 aliphatic rings. The predicted octanol–water partition coefficient (Wildman–Crippen LogP) is 2.91. The molecule has 0 aromatic heterocycles. The first-order valence-corrected chi connectivity index (χ1v) is 5.16. The van der Waals surface area contributed by atoms with E-state index >= 15 is 0 Å². The Bertz CT molecular complexity index is 172.